The van der Waals surface area contributed by atoms with Crippen LogP contribution in [0, 0.1) is 11.7 Å². The van der Waals surface area contributed by atoms with Crippen molar-refractivity contribution in [1.29, 1.82) is 0 Å². The molecule has 0 amide bonds. The summed E-state index contributed by atoms with van der Waals surface area (Å²) >= 11 is 6.08. The minimum Gasteiger partial charge on any atom is -0.385 e. The largest absolute Gasteiger partial charge is 0.385 e. The molecule has 4 heteroatoms. The molecule has 3 unspecified atom stereocenters. The fourth-order valence-electron chi connectivity index (χ4n) is 3.10. The molecule has 1 aliphatic rings. The van der Waals surface area contributed by atoms with E-state index in [4.69, 9.17) is 16.3 Å². The molecule has 1 N–H and O–H groups in total. The molecule has 2 nitrogen and oxygen atoms in total. The molecule has 1 aromatic carbocycles. The van der Waals surface area contributed by atoms with Crippen LogP contribution in [0.15, 0.2) is 18.2 Å². The molecule has 0 radical (unpaired) electrons. The Balaban J connectivity index is 2.34. The Bertz CT molecular complexity index is 452. The molecule has 106 valence electrons. The first-order valence-electron chi connectivity index (χ1n) is 6.66. The van der Waals surface area contributed by atoms with E-state index in [1.165, 1.54) is 18.2 Å². The lowest BCUT2D eigenvalue weighted by atomic mass is 9.74. The first kappa shape index (κ1) is 14.8. The number of hydrogen-bond acceptors (Lipinski definition) is 2. The van der Waals surface area contributed by atoms with Crippen molar-refractivity contribution in [3.05, 3.63) is 34.6 Å². The van der Waals surface area contributed by atoms with Crippen LogP contribution in [-0.2, 0) is 4.74 Å². The van der Waals surface area contributed by atoms with E-state index in [-0.39, 0.29) is 0 Å². The molecule has 1 fully saturated rings. The van der Waals surface area contributed by atoms with Gasteiger partial charge in [0.2, 0.25) is 0 Å². The van der Waals surface area contributed by atoms with Gasteiger partial charge in [-0.2, -0.15) is 0 Å². The molecule has 0 aromatic heterocycles. The molecule has 0 aliphatic heterocycles. The molecule has 19 heavy (non-hydrogen) atoms. The van der Waals surface area contributed by atoms with Crippen LogP contribution in [0.5, 0.6) is 0 Å². The Kier molecular flexibility index (Phi) is 4.49. The van der Waals surface area contributed by atoms with E-state index in [0.29, 0.717) is 16.5 Å². The molecule has 0 spiro atoms. The summed E-state index contributed by atoms with van der Waals surface area (Å²) in [7, 11) is 1.61. The lowest BCUT2D eigenvalue weighted by Crippen LogP contribution is -2.42. The lowest BCUT2D eigenvalue weighted by Gasteiger charge is -2.42. The summed E-state index contributed by atoms with van der Waals surface area (Å²) in [6, 6.07) is 4.07. The molecule has 3 atom stereocenters. The van der Waals surface area contributed by atoms with Gasteiger partial charge in [-0.25, -0.2) is 4.39 Å². The van der Waals surface area contributed by atoms with Crippen molar-refractivity contribution in [3.63, 3.8) is 0 Å². The molecule has 0 bridgehead atoms. The highest BCUT2D eigenvalue weighted by molar-refractivity contribution is 6.31. The third kappa shape index (κ3) is 2.93. The molecule has 1 saturated carbocycles. The number of hydrogen-bond donors (Lipinski definition) is 1. The van der Waals surface area contributed by atoms with Gasteiger partial charge in [0.1, 0.15) is 11.9 Å². The van der Waals surface area contributed by atoms with Gasteiger partial charge in [0, 0.05) is 17.7 Å². The Morgan fingerprint density at radius 3 is 2.89 bits per heavy atom. The van der Waals surface area contributed by atoms with E-state index in [1.54, 1.807) is 7.11 Å². The maximum atomic E-state index is 13.4. The van der Waals surface area contributed by atoms with E-state index in [9.17, 15) is 9.50 Å². The second-order valence-corrected chi connectivity index (χ2v) is 5.95. The van der Waals surface area contributed by atoms with Crippen molar-refractivity contribution in [2.45, 2.75) is 44.3 Å². The monoisotopic (exact) mass is 286 g/mol. The van der Waals surface area contributed by atoms with E-state index < -0.39 is 17.5 Å². The first-order valence-corrected chi connectivity index (χ1v) is 7.04. The summed E-state index contributed by atoms with van der Waals surface area (Å²) in [5.41, 5.74) is -0.243. The van der Waals surface area contributed by atoms with Gasteiger partial charge >= 0.3 is 0 Å². The van der Waals surface area contributed by atoms with Crippen LogP contribution in [-0.4, -0.2) is 17.8 Å². The van der Waals surface area contributed by atoms with Crippen LogP contribution in [0.25, 0.3) is 0 Å². The number of ether oxygens (including phenoxy) is 1. The van der Waals surface area contributed by atoms with E-state index in [2.05, 4.69) is 6.92 Å². The molecular formula is C15H20ClFO2. The topological polar surface area (TPSA) is 29.5 Å². The van der Waals surface area contributed by atoms with E-state index in [0.717, 1.165) is 25.7 Å². The van der Waals surface area contributed by atoms with Gasteiger partial charge in [-0.05, 0) is 37.0 Å². The highest BCUT2D eigenvalue weighted by Gasteiger charge is 2.42. The summed E-state index contributed by atoms with van der Waals surface area (Å²) in [5, 5.41) is 11.0. The zero-order valence-corrected chi connectivity index (χ0v) is 12.1. The predicted molar refractivity (Wildman–Crippen MR) is 73.7 cm³/mol. The Morgan fingerprint density at radius 1 is 1.53 bits per heavy atom. The van der Waals surface area contributed by atoms with Crippen LogP contribution >= 0.6 is 11.6 Å². The highest BCUT2D eigenvalue weighted by atomic mass is 35.5. The summed E-state index contributed by atoms with van der Waals surface area (Å²) < 4.78 is 19.0. The number of halogens is 2. The third-order valence-electron chi connectivity index (χ3n) is 4.15. The maximum Gasteiger partial charge on any atom is 0.123 e. The summed E-state index contributed by atoms with van der Waals surface area (Å²) in [6.45, 7) is 2.15. The van der Waals surface area contributed by atoms with Crippen LogP contribution in [0.3, 0.4) is 0 Å². The summed E-state index contributed by atoms with van der Waals surface area (Å²) in [6.07, 6.45) is 2.76. The van der Waals surface area contributed by atoms with Crippen LogP contribution in [0.2, 0.25) is 5.02 Å². The van der Waals surface area contributed by atoms with Crippen molar-refractivity contribution in [1.82, 2.24) is 0 Å². The van der Waals surface area contributed by atoms with Gasteiger partial charge in [0.15, 0.2) is 0 Å². The maximum absolute atomic E-state index is 13.4. The van der Waals surface area contributed by atoms with Crippen LogP contribution in [0.1, 0.15) is 44.3 Å². The van der Waals surface area contributed by atoms with Crippen molar-refractivity contribution < 1.29 is 14.2 Å². The fourth-order valence-corrected chi connectivity index (χ4v) is 3.32. The number of aliphatic hydroxyl groups excluding tert-OH is 1. The minimum absolute atomic E-state index is 0.378. The fraction of sp³-hybridized carbons (Fsp3) is 0.600. The van der Waals surface area contributed by atoms with Crippen LogP contribution in [0.4, 0.5) is 4.39 Å². The van der Waals surface area contributed by atoms with E-state index >= 15 is 0 Å². The highest BCUT2D eigenvalue weighted by Crippen LogP contribution is 2.44. The van der Waals surface area contributed by atoms with Crippen molar-refractivity contribution in [3.8, 4) is 0 Å². The zero-order valence-electron chi connectivity index (χ0n) is 11.3. The standard InChI is InChI=1S/C15H20ClFO2/c1-10-4-3-7-15(9-10,19-2)14(18)12-8-11(17)5-6-13(12)16/h5-6,8,10,14,18H,3-4,7,9H2,1-2H3. The molecular weight excluding hydrogens is 267 g/mol. The Morgan fingerprint density at radius 2 is 2.26 bits per heavy atom. The SMILES string of the molecule is COC1(C(O)c2cc(F)ccc2Cl)CCCC(C)C1. The van der Waals surface area contributed by atoms with Crippen molar-refractivity contribution in [2.75, 3.05) is 7.11 Å². The summed E-state index contributed by atoms with van der Waals surface area (Å²) in [5.74, 6) is 0.0873. The number of methoxy groups -OCH3 is 1. The number of rotatable bonds is 3. The molecule has 0 saturated heterocycles. The van der Waals surface area contributed by atoms with E-state index in [1.807, 2.05) is 0 Å². The summed E-state index contributed by atoms with van der Waals surface area (Å²) in [4.78, 5) is 0. The first-order chi connectivity index (χ1) is 8.98. The lowest BCUT2D eigenvalue weighted by molar-refractivity contribution is -0.134. The van der Waals surface area contributed by atoms with Gasteiger partial charge in [-0.1, -0.05) is 31.4 Å². The average molecular weight is 287 g/mol. The van der Waals surface area contributed by atoms with Crippen molar-refractivity contribution in [2.24, 2.45) is 5.92 Å². The Hall–Kier alpha value is -0.640. The van der Waals surface area contributed by atoms with Gasteiger partial charge < -0.3 is 9.84 Å². The van der Waals surface area contributed by atoms with Crippen molar-refractivity contribution >= 4 is 11.6 Å². The molecule has 2 rings (SSSR count). The molecule has 1 aliphatic carbocycles. The number of benzene rings is 1. The van der Waals surface area contributed by atoms with Gasteiger partial charge in [-0.3, -0.25) is 0 Å². The second-order valence-electron chi connectivity index (χ2n) is 5.54. The average Bonchev–Trinajstić information content (AvgIpc) is 2.40. The third-order valence-corrected chi connectivity index (χ3v) is 4.49. The molecule has 0 heterocycles. The second kappa shape index (κ2) is 5.78. The van der Waals surface area contributed by atoms with Crippen LogP contribution < -0.4 is 0 Å². The van der Waals surface area contributed by atoms with Gasteiger partial charge in [0.25, 0.3) is 0 Å². The van der Waals surface area contributed by atoms with Gasteiger partial charge in [0.05, 0.1) is 5.60 Å². The van der Waals surface area contributed by atoms with Gasteiger partial charge in [-0.15, -0.1) is 0 Å². The zero-order chi connectivity index (χ0) is 14.0. The smallest absolute Gasteiger partial charge is 0.123 e. The Labute approximate surface area is 118 Å². The quantitative estimate of drug-likeness (QED) is 0.906. The molecule has 1 aromatic rings. The normalized spacial score (nSPS) is 29.2. The predicted octanol–water partition coefficient (Wildman–Crippen LogP) is 4.11. The number of aliphatic hydroxyl groups is 1. The minimum atomic E-state index is -0.900.